The number of aromatic amines is 1. The van der Waals surface area contributed by atoms with Gasteiger partial charge < -0.3 is 24.7 Å². The van der Waals surface area contributed by atoms with Gasteiger partial charge in [-0.25, -0.2) is 9.36 Å². The number of aliphatic hydroxyl groups is 1. The lowest BCUT2D eigenvalue weighted by atomic mass is 10.2. The van der Waals surface area contributed by atoms with Crippen molar-refractivity contribution in [3.63, 3.8) is 0 Å². The zero-order chi connectivity index (χ0) is 15.1. The topological polar surface area (TPSA) is 171 Å². The molecule has 1 aromatic heterocycles. The second kappa shape index (κ2) is 5.13. The Bertz CT molecular complexity index is 661. The molecule has 1 fully saturated rings. The van der Waals surface area contributed by atoms with Gasteiger partial charge in [-0.3, -0.25) is 18.9 Å². The Hall–Kier alpha value is -1.49. The van der Waals surface area contributed by atoms with Crippen LogP contribution in [0, 0.1) is 0 Å². The molecule has 1 aliphatic rings. The van der Waals surface area contributed by atoms with Crippen LogP contribution in [-0.4, -0.2) is 41.9 Å². The van der Waals surface area contributed by atoms with E-state index in [0.29, 0.717) is 0 Å². The molecule has 0 radical (unpaired) electrons. The van der Waals surface area contributed by atoms with Gasteiger partial charge in [-0.15, -0.1) is 0 Å². The second-order valence-electron chi connectivity index (χ2n) is 4.04. The first kappa shape index (κ1) is 14.9. The van der Waals surface area contributed by atoms with Crippen LogP contribution in [0.5, 0.6) is 5.75 Å². The fourth-order valence-corrected chi connectivity index (χ4v) is 2.18. The Balaban J connectivity index is 2.25. The van der Waals surface area contributed by atoms with E-state index in [1.807, 2.05) is 4.98 Å². The van der Waals surface area contributed by atoms with Crippen molar-refractivity contribution in [1.82, 2.24) is 9.55 Å². The van der Waals surface area contributed by atoms with Crippen molar-refractivity contribution in [1.29, 1.82) is 0 Å². The SMILES string of the molecule is O=c1[nH]c(=O)n([C@H]2C[C@H](O)[C@@H](OP(=O)(O)O)O2)cc1O. The highest BCUT2D eigenvalue weighted by molar-refractivity contribution is 7.46. The number of aromatic hydroxyl groups is 1. The van der Waals surface area contributed by atoms with Gasteiger partial charge in [-0.1, -0.05) is 0 Å². The molecule has 0 bridgehead atoms. The maximum atomic E-state index is 11.5. The molecular formula is C8H11N2O9P. The highest BCUT2D eigenvalue weighted by Gasteiger charge is 2.40. The molecule has 112 valence electrons. The van der Waals surface area contributed by atoms with E-state index in [4.69, 9.17) is 14.5 Å². The van der Waals surface area contributed by atoms with Crippen LogP contribution < -0.4 is 11.2 Å². The minimum absolute atomic E-state index is 0.226. The minimum atomic E-state index is -4.88. The normalized spacial score (nSPS) is 26.9. The third-order valence-electron chi connectivity index (χ3n) is 2.55. The summed E-state index contributed by atoms with van der Waals surface area (Å²) in [5.41, 5.74) is -1.91. The number of nitrogens with zero attached hydrogens (tertiary/aromatic N) is 1. The number of aromatic nitrogens is 2. The van der Waals surface area contributed by atoms with E-state index >= 15 is 0 Å². The summed E-state index contributed by atoms with van der Waals surface area (Å²) in [7, 11) is -4.88. The first-order chi connectivity index (χ1) is 9.17. The van der Waals surface area contributed by atoms with Crippen LogP contribution in [0.25, 0.3) is 0 Å². The van der Waals surface area contributed by atoms with Gasteiger partial charge in [0.1, 0.15) is 12.3 Å². The smallest absolute Gasteiger partial charge is 0.472 e. The number of rotatable bonds is 3. The number of phosphoric ester groups is 1. The molecule has 11 nitrogen and oxygen atoms in total. The van der Waals surface area contributed by atoms with E-state index in [-0.39, 0.29) is 6.42 Å². The summed E-state index contributed by atoms with van der Waals surface area (Å²) in [6.45, 7) is 0. The Kier molecular flexibility index (Phi) is 3.82. The van der Waals surface area contributed by atoms with Gasteiger partial charge in [0.05, 0.1) is 6.20 Å². The van der Waals surface area contributed by atoms with Crippen LogP contribution in [0.3, 0.4) is 0 Å². The lowest BCUT2D eigenvalue weighted by molar-refractivity contribution is -0.135. The molecular weight excluding hydrogens is 299 g/mol. The average molecular weight is 310 g/mol. The molecule has 12 heteroatoms. The van der Waals surface area contributed by atoms with Gasteiger partial charge in [0.2, 0.25) is 0 Å². The fourth-order valence-electron chi connectivity index (χ4n) is 1.72. The van der Waals surface area contributed by atoms with Crippen molar-refractivity contribution in [2.45, 2.75) is 25.0 Å². The van der Waals surface area contributed by atoms with Crippen LogP contribution in [-0.2, 0) is 13.8 Å². The third-order valence-corrected chi connectivity index (χ3v) is 3.03. The van der Waals surface area contributed by atoms with Gasteiger partial charge in [-0.2, -0.15) is 0 Å². The van der Waals surface area contributed by atoms with Gasteiger partial charge >= 0.3 is 13.5 Å². The van der Waals surface area contributed by atoms with Gasteiger partial charge in [0, 0.05) is 6.42 Å². The predicted molar refractivity (Wildman–Crippen MR) is 60.7 cm³/mol. The van der Waals surface area contributed by atoms with Crippen molar-refractivity contribution in [3.8, 4) is 5.75 Å². The quantitative estimate of drug-likeness (QED) is 0.394. The monoisotopic (exact) mass is 310 g/mol. The Morgan fingerprint density at radius 1 is 1.45 bits per heavy atom. The summed E-state index contributed by atoms with van der Waals surface area (Å²) in [5.74, 6) is -0.748. The zero-order valence-electron chi connectivity index (χ0n) is 9.74. The first-order valence-corrected chi connectivity index (χ1v) is 6.82. The van der Waals surface area contributed by atoms with Gasteiger partial charge in [0.15, 0.2) is 12.0 Å². The van der Waals surface area contributed by atoms with E-state index in [0.717, 1.165) is 10.8 Å². The number of hydrogen-bond acceptors (Lipinski definition) is 7. The summed E-state index contributed by atoms with van der Waals surface area (Å²) in [4.78, 5) is 41.6. The minimum Gasteiger partial charge on any atom is -0.502 e. The van der Waals surface area contributed by atoms with Gasteiger partial charge in [0.25, 0.3) is 5.56 Å². The number of hydrogen-bond donors (Lipinski definition) is 5. The zero-order valence-corrected chi connectivity index (χ0v) is 10.6. The molecule has 0 aliphatic carbocycles. The van der Waals surface area contributed by atoms with Crippen molar-refractivity contribution in [3.05, 3.63) is 27.0 Å². The molecule has 3 atom stereocenters. The number of nitrogens with one attached hydrogen (secondary N) is 1. The highest BCUT2D eigenvalue weighted by Crippen LogP contribution is 2.42. The van der Waals surface area contributed by atoms with E-state index < -0.39 is 43.4 Å². The summed E-state index contributed by atoms with van der Waals surface area (Å²) < 4.78 is 20.6. The summed E-state index contributed by atoms with van der Waals surface area (Å²) in [6.07, 6.45) is -3.62. The average Bonchev–Trinajstić information content (AvgIpc) is 2.63. The summed E-state index contributed by atoms with van der Waals surface area (Å²) >= 11 is 0. The second-order valence-corrected chi connectivity index (χ2v) is 5.23. The molecule has 0 aromatic carbocycles. The molecule has 1 aromatic rings. The van der Waals surface area contributed by atoms with Crippen LogP contribution in [0.15, 0.2) is 15.8 Å². The predicted octanol–water partition coefficient (Wildman–Crippen LogP) is -2.04. The molecule has 1 saturated heterocycles. The number of ether oxygens (including phenoxy) is 1. The van der Waals surface area contributed by atoms with Crippen LogP contribution in [0.2, 0.25) is 0 Å². The standard InChI is InChI=1S/C8H11N2O9P/c11-3-1-5(18-7(3)19-20(15,16)17)10-2-4(12)6(13)9-8(10)14/h2-3,5,7,11-12H,1H2,(H,9,13,14)(H2,15,16,17)/t3-,5+,7+/m0/s1. The van der Waals surface area contributed by atoms with E-state index in [9.17, 15) is 24.4 Å². The molecule has 2 heterocycles. The van der Waals surface area contributed by atoms with E-state index in [2.05, 4.69) is 4.52 Å². The molecule has 20 heavy (non-hydrogen) atoms. The Morgan fingerprint density at radius 2 is 2.10 bits per heavy atom. The fraction of sp³-hybridized carbons (Fsp3) is 0.500. The number of aliphatic hydroxyl groups excluding tert-OH is 1. The lowest BCUT2D eigenvalue weighted by Gasteiger charge is -2.16. The van der Waals surface area contributed by atoms with Crippen molar-refractivity contribution in [2.24, 2.45) is 0 Å². The van der Waals surface area contributed by atoms with Crippen LogP contribution in [0.1, 0.15) is 12.6 Å². The molecule has 2 rings (SSSR count). The molecule has 1 aliphatic heterocycles. The van der Waals surface area contributed by atoms with Crippen molar-refractivity contribution < 1.29 is 33.8 Å². The molecule has 0 saturated carbocycles. The maximum absolute atomic E-state index is 11.5. The van der Waals surface area contributed by atoms with Crippen LogP contribution >= 0.6 is 7.82 Å². The van der Waals surface area contributed by atoms with E-state index in [1.165, 1.54) is 0 Å². The third kappa shape index (κ3) is 3.15. The largest absolute Gasteiger partial charge is 0.502 e. The molecule has 0 amide bonds. The Morgan fingerprint density at radius 3 is 2.70 bits per heavy atom. The molecule has 0 unspecified atom stereocenters. The van der Waals surface area contributed by atoms with Crippen LogP contribution in [0.4, 0.5) is 0 Å². The van der Waals surface area contributed by atoms with Gasteiger partial charge in [-0.05, 0) is 0 Å². The lowest BCUT2D eigenvalue weighted by Crippen LogP contribution is -2.32. The van der Waals surface area contributed by atoms with Crippen molar-refractivity contribution >= 4 is 7.82 Å². The molecule has 5 N–H and O–H groups in total. The number of phosphoric acid groups is 1. The molecule has 0 spiro atoms. The highest BCUT2D eigenvalue weighted by atomic mass is 31.2. The number of H-pyrrole nitrogens is 1. The van der Waals surface area contributed by atoms with E-state index in [1.54, 1.807) is 0 Å². The Labute approximate surface area is 110 Å². The maximum Gasteiger partial charge on any atom is 0.472 e. The summed E-state index contributed by atoms with van der Waals surface area (Å²) in [5, 5.41) is 18.8. The van der Waals surface area contributed by atoms with Crippen molar-refractivity contribution in [2.75, 3.05) is 0 Å². The first-order valence-electron chi connectivity index (χ1n) is 5.29. The summed E-state index contributed by atoms with van der Waals surface area (Å²) in [6, 6.07) is 0.